The molecule has 46 valence electrons. The summed E-state index contributed by atoms with van der Waals surface area (Å²) in [5.74, 6) is 2.61. The summed E-state index contributed by atoms with van der Waals surface area (Å²) < 4.78 is 0. The highest BCUT2D eigenvalue weighted by molar-refractivity contribution is 8.09. The topological polar surface area (TPSA) is 0 Å². The van der Waals surface area contributed by atoms with Crippen LogP contribution in [0, 0.1) is 0 Å². The Morgan fingerprint density at radius 1 is 1.62 bits per heavy atom. The molecule has 0 N–H and O–H groups in total. The third-order valence-electron chi connectivity index (χ3n) is 1.05. The van der Waals surface area contributed by atoms with E-state index in [1.54, 1.807) is 4.91 Å². The maximum Gasteiger partial charge on any atom is 0.00713 e. The fraction of sp³-hybridized carbons (Fsp3) is 0.667. The first-order chi connectivity index (χ1) is 3.93. The van der Waals surface area contributed by atoms with Gasteiger partial charge in [-0.3, -0.25) is 0 Å². The van der Waals surface area contributed by atoms with Gasteiger partial charge in [0.2, 0.25) is 0 Å². The van der Waals surface area contributed by atoms with Crippen molar-refractivity contribution in [3.63, 3.8) is 0 Å². The Morgan fingerprint density at radius 2 is 2.50 bits per heavy atom. The number of allylic oxidation sites excluding steroid dienone is 1. The van der Waals surface area contributed by atoms with E-state index in [4.69, 9.17) is 0 Å². The van der Waals surface area contributed by atoms with E-state index in [2.05, 4.69) is 12.3 Å². The van der Waals surface area contributed by atoms with Crippen LogP contribution in [0.4, 0.5) is 0 Å². The maximum atomic E-state index is 2.29. The van der Waals surface area contributed by atoms with Gasteiger partial charge in [-0.05, 0) is 16.7 Å². The maximum absolute atomic E-state index is 2.29. The van der Waals surface area contributed by atoms with Crippen LogP contribution in [-0.4, -0.2) is 11.5 Å². The molecule has 0 spiro atoms. The first-order valence-electron chi connectivity index (χ1n) is 2.87. The van der Waals surface area contributed by atoms with Gasteiger partial charge in [-0.15, -0.1) is 23.5 Å². The Bertz CT molecular complexity index is 96.7. The van der Waals surface area contributed by atoms with Gasteiger partial charge in [0.05, 0.1) is 0 Å². The van der Waals surface area contributed by atoms with Crippen molar-refractivity contribution >= 4 is 23.5 Å². The summed E-state index contributed by atoms with van der Waals surface area (Å²) >= 11 is 3.95. The Balaban J connectivity index is 2.37. The molecule has 0 saturated heterocycles. The number of rotatable bonds is 1. The standard InChI is InChI=1S/C6H10S2/c1-2-6-5-7-3-4-8-6/h5H,2-4H2,1H3. The van der Waals surface area contributed by atoms with Gasteiger partial charge in [-0.25, -0.2) is 0 Å². The summed E-state index contributed by atoms with van der Waals surface area (Å²) in [6.07, 6.45) is 1.22. The minimum atomic E-state index is 1.22. The lowest BCUT2D eigenvalue weighted by Gasteiger charge is -2.07. The van der Waals surface area contributed by atoms with Crippen LogP contribution < -0.4 is 0 Å². The molecule has 0 bridgehead atoms. The van der Waals surface area contributed by atoms with E-state index >= 15 is 0 Å². The molecule has 1 heterocycles. The normalized spacial score (nSPS) is 20.4. The predicted molar refractivity (Wildman–Crippen MR) is 43.3 cm³/mol. The van der Waals surface area contributed by atoms with Crippen LogP contribution in [0.1, 0.15) is 13.3 Å². The third-order valence-corrected chi connectivity index (χ3v) is 3.54. The minimum absolute atomic E-state index is 1.22. The van der Waals surface area contributed by atoms with Crippen molar-refractivity contribution < 1.29 is 0 Å². The van der Waals surface area contributed by atoms with Crippen LogP contribution in [0.25, 0.3) is 0 Å². The van der Waals surface area contributed by atoms with E-state index in [9.17, 15) is 0 Å². The molecule has 0 amide bonds. The van der Waals surface area contributed by atoms with Crippen LogP contribution in [-0.2, 0) is 0 Å². The van der Waals surface area contributed by atoms with E-state index in [1.165, 1.54) is 17.9 Å². The molecule has 0 nitrogen and oxygen atoms in total. The molecule has 0 aromatic carbocycles. The van der Waals surface area contributed by atoms with Gasteiger partial charge in [-0.2, -0.15) is 0 Å². The molecule has 2 heteroatoms. The highest BCUT2D eigenvalue weighted by Gasteiger charge is 1.99. The van der Waals surface area contributed by atoms with Gasteiger partial charge in [-0.1, -0.05) is 6.92 Å². The highest BCUT2D eigenvalue weighted by atomic mass is 32.2. The molecular weight excluding hydrogens is 136 g/mol. The smallest absolute Gasteiger partial charge is 0.00713 e. The minimum Gasteiger partial charge on any atom is -0.132 e. The van der Waals surface area contributed by atoms with Crippen molar-refractivity contribution in [3.8, 4) is 0 Å². The average Bonchev–Trinajstić information content (AvgIpc) is 1.90. The molecule has 0 saturated carbocycles. The van der Waals surface area contributed by atoms with Crippen LogP contribution in [0.5, 0.6) is 0 Å². The quantitative estimate of drug-likeness (QED) is 0.558. The summed E-state index contributed by atoms with van der Waals surface area (Å²) in [5, 5.41) is 2.29. The van der Waals surface area contributed by atoms with E-state index in [1.807, 2.05) is 23.5 Å². The van der Waals surface area contributed by atoms with Gasteiger partial charge < -0.3 is 0 Å². The number of thioether (sulfide) groups is 2. The number of hydrogen-bond donors (Lipinski definition) is 0. The molecule has 1 rings (SSSR count). The molecule has 0 unspecified atom stereocenters. The molecular formula is C6H10S2. The van der Waals surface area contributed by atoms with Crippen molar-refractivity contribution in [2.75, 3.05) is 11.5 Å². The van der Waals surface area contributed by atoms with E-state index < -0.39 is 0 Å². The molecule has 0 aliphatic carbocycles. The second kappa shape index (κ2) is 3.46. The van der Waals surface area contributed by atoms with Crippen LogP contribution in [0.15, 0.2) is 10.3 Å². The first kappa shape index (κ1) is 6.56. The van der Waals surface area contributed by atoms with Crippen molar-refractivity contribution in [2.24, 2.45) is 0 Å². The zero-order valence-electron chi connectivity index (χ0n) is 5.02. The lowest BCUT2D eigenvalue weighted by Crippen LogP contribution is -1.88. The lowest BCUT2D eigenvalue weighted by molar-refractivity contribution is 1.20. The summed E-state index contributed by atoms with van der Waals surface area (Å²) in [7, 11) is 0. The van der Waals surface area contributed by atoms with Gasteiger partial charge >= 0.3 is 0 Å². The molecule has 1 aliphatic heterocycles. The fourth-order valence-electron chi connectivity index (χ4n) is 0.592. The average molecular weight is 146 g/mol. The predicted octanol–water partition coefficient (Wildman–Crippen LogP) is 2.72. The molecule has 0 radical (unpaired) electrons. The summed E-state index contributed by atoms with van der Waals surface area (Å²) in [5.41, 5.74) is 0. The number of hydrogen-bond acceptors (Lipinski definition) is 2. The largest absolute Gasteiger partial charge is 0.132 e. The van der Waals surface area contributed by atoms with E-state index in [0.717, 1.165) is 0 Å². The van der Waals surface area contributed by atoms with Crippen molar-refractivity contribution in [1.82, 2.24) is 0 Å². The third kappa shape index (κ3) is 1.75. The SMILES string of the molecule is CCC1=CSCCS1. The Morgan fingerprint density at radius 3 is 2.88 bits per heavy atom. The second-order valence-corrected chi connectivity index (χ2v) is 3.86. The van der Waals surface area contributed by atoms with Crippen LogP contribution >= 0.6 is 23.5 Å². The van der Waals surface area contributed by atoms with Gasteiger partial charge in [0.25, 0.3) is 0 Å². The van der Waals surface area contributed by atoms with Crippen molar-refractivity contribution in [2.45, 2.75) is 13.3 Å². The Labute approximate surface area is 59.1 Å². The van der Waals surface area contributed by atoms with E-state index in [0.29, 0.717) is 0 Å². The van der Waals surface area contributed by atoms with Crippen molar-refractivity contribution in [3.05, 3.63) is 10.3 Å². The van der Waals surface area contributed by atoms with E-state index in [-0.39, 0.29) is 0 Å². The Hall–Kier alpha value is 0.440. The zero-order chi connectivity index (χ0) is 5.82. The monoisotopic (exact) mass is 146 g/mol. The van der Waals surface area contributed by atoms with Gasteiger partial charge in [0.1, 0.15) is 0 Å². The molecule has 0 aromatic rings. The molecule has 0 aromatic heterocycles. The Kier molecular flexibility index (Phi) is 2.84. The van der Waals surface area contributed by atoms with Crippen LogP contribution in [0.3, 0.4) is 0 Å². The molecule has 1 aliphatic rings. The van der Waals surface area contributed by atoms with Crippen LogP contribution in [0.2, 0.25) is 0 Å². The van der Waals surface area contributed by atoms with Gasteiger partial charge in [0, 0.05) is 11.5 Å². The van der Waals surface area contributed by atoms with Gasteiger partial charge in [0.15, 0.2) is 0 Å². The molecule has 0 fully saturated rings. The summed E-state index contributed by atoms with van der Waals surface area (Å²) in [6.45, 7) is 2.21. The summed E-state index contributed by atoms with van der Waals surface area (Å²) in [4.78, 5) is 1.56. The molecule has 8 heavy (non-hydrogen) atoms. The fourth-order valence-corrected chi connectivity index (χ4v) is 2.72. The first-order valence-corrected chi connectivity index (χ1v) is 4.90. The van der Waals surface area contributed by atoms with Crippen molar-refractivity contribution in [1.29, 1.82) is 0 Å². The highest BCUT2D eigenvalue weighted by Crippen LogP contribution is 2.28. The summed E-state index contributed by atoms with van der Waals surface area (Å²) in [6, 6.07) is 0. The molecule has 0 atom stereocenters. The second-order valence-electron chi connectivity index (χ2n) is 1.66. The zero-order valence-corrected chi connectivity index (χ0v) is 6.65. The lowest BCUT2D eigenvalue weighted by atomic mass is 10.5.